The molecule has 1 atom stereocenters. The van der Waals surface area contributed by atoms with Crippen LogP contribution in [0.25, 0.3) is 0 Å². The summed E-state index contributed by atoms with van der Waals surface area (Å²) < 4.78 is 10.8. The normalized spacial score (nSPS) is 13.2. The topological polar surface area (TPSA) is 18.5 Å². The molecule has 0 saturated carbocycles. The average Bonchev–Trinajstić information content (AvgIpc) is 2.10. The van der Waals surface area contributed by atoms with E-state index < -0.39 is 0 Å². The summed E-state index contributed by atoms with van der Waals surface area (Å²) in [5, 5.41) is 0. The Balaban J connectivity index is 3.40. The van der Waals surface area contributed by atoms with Crippen LogP contribution in [0.5, 0.6) is 0 Å². The third-order valence-corrected chi connectivity index (χ3v) is 1.79. The van der Waals surface area contributed by atoms with Crippen molar-refractivity contribution in [3.63, 3.8) is 0 Å². The first-order valence-corrected chi connectivity index (χ1v) is 5.04. The molecular formula is C10H22O2. The summed E-state index contributed by atoms with van der Waals surface area (Å²) in [5.41, 5.74) is 0. The first kappa shape index (κ1) is 11.9. The van der Waals surface area contributed by atoms with Crippen LogP contribution in [0.3, 0.4) is 0 Å². The molecule has 74 valence electrons. The fraction of sp³-hybridized carbons (Fsp3) is 1.00. The molecule has 0 fully saturated rings. The molecule has 0 amide bonds. The van der Waals surface area contributed by atoms with E-state index in [1.807, 2.05) is 13.8 Å². The predicted molar refractivity (Wildman–Crippen MR) is 51.4 cm³/mol. The third kappa shape index (κ3) is 6.62. The van der Waals surface area contributed by atoms with Crippen LogP contribution in [0.15, 0.2) is 0 Å². The average molecular weight is 174 g/mol. The lowest BCUT2D eigenvalue weighted by molar-refractivity contribution is -0.0133. The smallest absolute Gasteiger partial charge is 0.0808 e. The van der Waals surface area contributed by atoms with Gasteiger partial charge in [-0.15, -0.1) is 0 Å². The molecule has 0 aromatic heterocycles. The summed E-state index contributed by atoms with van der Waals surface area (Å²) in [6, 6.07) is 0. The molecule has 0 bridgehead atoms. The van der Waals surface area contributed by atoms with E-state index in [0.717, 1.165) is 26.2 Å². The lowest BCUT2D eigenvalue weighted by atomic mass is 10.2. The molecule has 0 radical (unpaired) electrons. The number of hydrogen-bond donors (Lipinski definition) is 0. The largest absolute Gasteiger partial charge is 0.379 e. The minimum Gasteiger partial charge on any atom is -0.379 e. The summed E-state index contributed by atoms with van der Waals surface area (Å²) in [5.74, 6) is 0. The van der Waals surface area contributed by atoms with Crippen LogP contribution >= 0.6 is 0 Å². The minimum atomic E-state index is 0.315. The van der Waals surface area contributed by atoms with Crippen molar-refractivity contribution < 1.29 is 9.47 Å². The van der Waals surface area contributed by atoms with Crippen molar-refractivity contribution in [2.45, 2.75) is 46.1 Å². The monoisotopic (exact) mass is 174 g/mol. The van der Waals surface area contributed by atoms with Gasteiger partial charge in [-0.05, 0) is 20.3 Å². The maximum Gasteiger partial charge on any atom is 0.0808 e. The van der Waals surface area contributed by atoms with Crippen LogP contribution in [0, 0.1) is 0 Å². The van der Waals surface area contributed by atoms with Gasteiger partial charge in [0.1, 0.15) is 0 Å². The Bertz CT molecular complexity index is 75.9. The molecular weight excluding hydrogens is 152 g/mol. The van der Waals surface area contributed by atoms with Gasteiger partial charge < -0.3 is 9.47 Å². The summed E-state index contributed by atoms with van der Waals surface area (Å²) in [6.07, 6.45) is 3.91. The van der Waals surface area contributed by atoms with Crippen LogP contribution in [-0.4, -0.2) is 25.9 Å². The van der Waals surface area contributed by atoms with Gasteiger partial charge in [0.05, 0.1) is 12.7 Å². The van der Waals surface area contributed by atoms with Crippen molar-refractivity contribution in [1.29, 1.82) is 0 Å². The maximum absolute atomic E-state index is 5.52. The molecule has 0 aliphatic rings. The van der Waals surface area contributed by atoms with Gasteiger partial charge in [-0.25, -0.2) is 0 Å². The van der Waals surface area contributed by atoms with Crippen molar-refractivity contribution >= 4 is 0 Å². The van der Waals surface area contributed by atoms with E-state index in [1.54, 1.807) is 0 Å². The van der Waals surface area contributed by atoms with Gasteiger partial charge in [-0.3, -0.25) is 0 Å². The van der Waals surface area contributed by atoms with Crippen LogP contribution in [0.2, 0.25) is 0 Å². The number of ether oxygens (including phenoxy) is 2. The van der Waals surface area contributed by atoms with Crippen molar-refractivity contribution in [2.24, 2.45) is 0 Å². The molecule has 0 aromatic carbocycles. The highest BCUT2D eigenvalue weighted by Crippen LogP contribution is 2.05. The molecule has 12 heavy (non-hydrogen) atoms. The lowest BCUT2D eigenvalue weighted by Gasteiger charge is -2.15. The number of unbranched alkanes of at least 4 members (excludes halogenated alkanes) is 1. The molecule has 0 aliphatic carbocycles. The summed E-state index contributed by atoms with van der Waals surface area (Å²) in [4.78, 5) is 0. The Kier molecular flexibility index (Phi) is 8.95. The predicted octanol–water partition coefficient (Wildman–Crippen LogP) is 2.62. The Hall–Kier alpha value is -0.0800. The highest BCUT2D eigenvalue weighted by atomic mass is 16.5. The van der Waals surface area contributed by atoms with E-state index in [0.29, 0.717) is 6.10 Å². The van der Waals surface area contributed by atoms with Gasteiger partial charge in [-0.2, -0.15) is 0 Å². The molecule has 0 heterocycles. The molecule has 0 aliphatic heterocycles. The quantitative estimate of drug-likeness (QED) is 0.563. The second kappa shape index (κ2) is 9.01. The van der Waals surface area contributed by atoms with Gasteiger partial charge in [-0.1, -0.05) is 19.8 Å². The Morgan fingerprint density at radius 2 is 1.83 bits per heavy atom. The van der Waals surface area contributed by atoms with Gasteiger partial charge >= 0.3 is 0 Å². The second-order valence-corrected chi connectivity index (χ2v) is 2.88. The first-order chi connectivity index (χ1) is 5.85. The van der Waals surface area contributed by atoms with E-state index in [2.05, 4.69) is 6.92 Å². The molecule has 0 rings (SSSR count). The lowest BCUT2D eigenvalue weighted by Crippen LogP contribution is -2.19. The van der Waals surface area contributed by atoms with E-state index in [9.17, 15) is 0 Å². The first-order valence-electron chi connectivity index (χ1n) is 5.04. The Morgan fingerprint density at radius 3 is 2.33 bits per heavy atom. The number of hydrogen-bond acceptors (Lipinski definition) is 2. The van der Waals surface area contributed by atoms with Crippen LogP contribution in [0.1, 0.15) is 40.0 Å². The third-order valence-electron chi connectivity index (χ3n) is 1.79. The maximum atomic E-state index is 5.52. The summed E-state index contributed by atoms with van der Waals surface area (Å²) >= 11 is 0. The van der Waals surface area contributed by atoms with Crippen molar-refractivity contribution in [2.75, 3.05) is 19.8 Å². The van der Waals surface area contributed by atoms with Gasteiger partial charge in [0, 0.05) is 13.2 Å². The molecule has 1 unspecified atom stereocenters. The minimum absolute atomic E-state index is 0.315. The fourth-order valence-electron chi connectivity index (χ4n) is 1.13. The van der Waals surface area contributed by atoms with Crippen molar-refractivity contribution in [3.05, 3.63) is 0 Å². The van der Waals surface area contributed by atoms with Gasteiger partial charge in [0.2, 0.25) is 0 Å². The van der Waals surface area contributed by atoms with E-state index in [4.69, 9.17) is 9.47 Å². The van der Waals surface area contributed by atoms with Crippen LogP contribution in [-0.2, 0) is 9.47 Å². The Morgan fingerprint density at radius 1 is 1.08 bits per heavy atom. The molecule has 0 N–H and O–H groups in total. The highest BCUT2D eigenvalue weighted by Gasteiger charge is 2.06. The molecule has 0 saturated heterocycles. The van der Waals surface area contributed by atoms with Crippen LogP contribution in [0.4, 0.5) is 0 Å². The van der Waals surface area contributed by atoms with E-state index in [1.165, 1.54) is 12.8 Å². The molecule has 2 heteroatoms. The summed E-state index contributed by atoms with van der Waals surface area (Å²) in [6.45, 7) is 8.58. The Labute approximate surface area is 76.3 Å². The van der Waals surface area contributed by atoms with Crippen molar-refractivity contribution in [3.8, 4) is 0 Å². The molecule has 0 spiro atoms. The SMILES string of the molecule is CCCCC(COCC)OCC. The number of rotatable bonds is 8. The van der Waals surface area contributed by atoms with Gasteiger partial charge in [0.25, 0.3) is 0 Å². The highest BCUT2D eigenvalue weighted by molar-refractivity contribution is 4.56. The van der Waals surface area contributed by atoms with Gasteiger partial charge in [0.15, 0.2) is 0 Å². The zero-order chi connectivity index (χ0) is 9.23. The second-order valence-electron chi connectivity index (χ2n) is 2.88. The standard InChI is InChI=1S/C10H22O2/c1-4-7-8-10(12-6-3)9-11-5-2/h10H,4-9H2,1-3H3. The zero-order valence-electron chi connectivity index (χ0n) is 8.64. The zero-order valence-corrected chi connectivity index (χ0v) is 8.64. The van der Waals surface area contributed by atoms with E-state index >= 15 is 0 Å². The fourth-order valence-corrected chi connectivity index (χ4v) is 1.13. The molecule has 2 nitrogen and oxygen atoms in total. The van der Waals surface area contributed by atoms with E-state index in [-0.39, 0.29) is 0 Å². The van der Waals surface area contributed by atoms with Crippen LogP contribution < -0.4 is 0 Å². The molecule has 0 aromatic rings. The van der Waals surface area contributed by atoms with Crippen molar-refractivity contribution in [1.82, 2.24) is 0 Å². The summed E-state index contributed by atoms with van der Waals surface area (Å²) in [7, 11) is 0.